The standard InChI is InChI=1S/C19H23NO4/c1-4-17(21)19(22)18(13-5-9-15(23-2)10-6-13)20-14-7-11-16(24-3)12-8-14/h5-12,18-20,22H,4H2,1-3H3/t18-,19+/m1/s1. The average molecular weight is 329 g/mol. The highest BCUT2D eigenvalue weighted by atomic mass is 16.5. The second-order valence-corrected chi connectivity index (χ2v) is 5.39. The minimum absolute atomic E-state index is 0.211. The molecule has 5 nitrogen and oxygen atoms in total. The van der Waals surface area contributed by atoms with Gasteiger partial charge in [0.05, 0.1) is 20.3 Å². The van der Waals surface area contributed by atoms with E-state index in [2.05, 4.69) is 5.32 Å². The molecule has 0 saturated carbocycles. The number of hydrogen-bond acceptors (Lipinski definition) is 5. The second kappa shape index (κ2) is 8.36. The van der Waals surface area contributed by atoms with Crippen molar-refractivity contribution in [2.45, 2.75) is 25.5 Å². The van der Waals surface area contributed by atoms with Crippen LogP contribution >= 0.6 is 0 Å². The highest BCUT2D eigenvalue weighted by Gasteiger charge is 2.26. The average Bonchev–Trinajstić information content (AvgIpc) is 2.65. The predicted octanol–water partition coefficient (Wildman–Crippen LogP) is 3.20. The van der Waals surface area contributed by atoms with Crippen LogP contribution in [0.25, 0.3) is 0 Å². The molecule has 0 aliphatic rings. The molecule has 2 N–H and O–H groups in total. The minimum Gasteiger partial charge on any atom is -0.497 e. The number of aliphatic hydroxyl groups is 1. The van der Waals surface area contributed by atoms with Crippen molar-refractivity contribution in [3.8, 4) is 11.5 Å². The summed E-state index contributed by atoms with van der Waals surface area (Å²) in [6.45, 7) is 1.74. The zero-order valence-corrected chi connectivity index (χ0v) is 14.2. The number of Topliss-reactive ketones (excluding diaryl/α,β-unsaturated/α-hetero) is 1. The second-order valence-electron chi connectivity index (χ2n) is 5.39. The maximum atomic E-state index is 12.0. The molecule has 0 spiro atoms. The number of ketones is 1. The summed E-state index contributed by atoms with van der Waals surface area (Å²) in [4.78, 5) is 12.0. The zero-order valence-electron chi connectivity index (χ0n) is 14.2. The third-order valence-corrected chi connectivity index (χ3v) is 3.88. The van der Waals surface area contributed by atoms with E-state index in [0.717, 1.165) is 22.7 Å². The lowest BCUT2D eigenvalue weighted by Gasteiger charge is -2.25. The van der Waals surface area contributed by atoms with Crippen molar-refractivity contribution in [3.63, 3.8) is 0 Å². The summed E-state index contributed by atoms with van der Waals surface area (Å²) in [6, 6.07) is 14.1. The summed E-state index contributed by atoms with van der Waals surface area (Å²) >= 11 is 0. The first-order valence-electron chi connectivity index (χ1n) is 7.84. The first-order valence-corrected chi connectivity index (χ1v) is 7.84. The molecule has 5 heteroatoms. The molecule has 2 aromatic rings. The Morgan fingerprint density at radius 1 is 1.00 bits per heavy atom. The number of rotatable bonds is 8. The van der Waals surface area contributed by atoms with Crippen molar-refractivity contribution in [1.29, 1.82) is 0 Å². The van der Waals surface area contributed by atoms with Crippen molar-refractivity contribution in [2.75, 3.05) is 19.5 Å². The maximum Gasteiger partial charge on any atom is 0.163 e. The molecule has 24 heavy (non-hydrogen) atoms. The summed E-state index contributed by atoms with van der Waals surface area (Å²) in [5.41, 5.74) is 1.60. The number of hydrogen-bond donors (Lipinski definition) is 2. The Kier molecular flexibility index (Phi) is 6.21. The monoisotopic (exact) mass is 329 g/mol. The van der Waals surface area contributed by atoms with Crippen LogP contribution in [0.5, 0.6) is 11.5 Å². The highest BCUT2D eigenvalue weighted by Crippen LogP contribution is 2.27. The van der Waals surface area contributed by atoms with Gasteiger partial charge in [0.25, 0.3) is 0 Å². The number of anilines is 1. The Hall–Kier alpha value is -2.53. The molecular formula is C19H23NO4. The number of benzene rings is 2. The zero-order chi connectivity index (χ0) is 17.5. The predicted molar refractivity (Wildman–Crippen MR) is 93.7 cm³/mol. The van der Waals surface area contributed by atoms with Gasteiger partial charge >= 0.3 is 0 Å². The van der Waals surface area contributed by atoms with Crippen molar-refractivity contribution >= 4 is 11.5 Å². The molecule has 0 heterocycles. The van der Waals surface area contributed by atoms with Crippen LogP contribution in [0, 0.1) is 0 Å². The number of carbonyl (C=O) groups is 1. The fourth-order valence-corrected chi connectivity index (χ4v) is 2.42. The van der Waals surface area contributed by atoms with Gasteiger partial charge in [-0.3, -0.25) is 4.79 Å². The Morgan fingerprint density at radius 2 is 1.50 bits per heavy atom. The summed E-state index contributed by atoms with van der Waals surface area (Å²) in [5.74, 6) is 1.25. The third kappa shape index (κ3) is 4.26. The SMILES string of the molecule is CCC(=O)[C@H](O)[C@H](Nc1ccc(OC)cc1)c1ccc(OC)cc1. The van der Waals surface area contributed by atoms with E-state index in [1.165, 1.54) is 0 Å². The van der Waals surface area contributed by atoms with Gasteiger partial charge in [-0.2, -0.15) is 0 Å². The van der Waals surface area contributed by atoms with Gasteiger partial charge in [-0.25, -0.2) is 0 Å². The normalized spacial score (nSPS) is 13.0. The van der Waals surface area contributed by atoms with Crippen molar-refractivity contribution in [1.82, 2.24) is 0 Å². The van der Waals surface area contributed by atoms with E-state index in [4.69, 9.17) is 9.47 Å². The Morgan fingerprint density at radius 3 is 1.96 bits per heavy atom. The maximum absolute atomic E-state index is 12.0. The third-order valence-electron chi connectivity index (χ3n) is 3.88. The van der Waals surface area contributed by atoms with Crippen molar-refractivity contribution in [2.24, 2.45) is 0 Å². The van der Waals surface area contributed by atoms with Crippen molar-refractivity contribution < 1.29 is 19.4 Å². The lowest BCUT2D eigenvalue weighted by atomic mass is 9.97. The van der Waals surface area contributed by atoms with E-state index in [9.17, 15) is 9.90 Å². The Labute approximate surface area is 142 Å². The fraction of sp³-hybridized carbons (Fsp3) is 0.316. The Balaban J connectivity index is 2.28. The lowest BCUT2D eigenvalue weighted by molar-refractivity contribution is -0.127. The van der Waals surface area contributed by atoms with Crippen LogP contribution in [0.3, 0.4) is 0 Å². The molecule has 0 fully saturated rings. The van der Waals surface area contributed by atoms with Crippen LogP contribution in [0.4, 0.5) is 5.69 Å². The van der Waals surface area contributed by atoms with E-state index in [0.29, 0.717) is 0 Å². The molecule has 0 radical (unpaired) electrons. The summed E-state index contributed by atoms with van der Waals surface area (Å²) < 4.78 is 10.3. The Bertz CT molecular complexity index is 652. The number of ether oxygens (including phenoxy) is 2. The van der Waals surface area contributed by atoms with Crippen LogP contribution in [0.1, 0.15) is 24.9 Å². The van der Waals surface area contributed by atoms with Gasteiger partial charge in [0.15, 0.2) is 5.78 Å². The highest BCUT2D eigenvalue weighted by molar-refractivity contribution is 5.84. The number of carbonyl (C=O) groups excluding carboxylic acids is 1. The van der Waals surface area contributed by atoms with Crippen LogP contribution in [0.15, 0.2) is 48.5 Å². The van der Waals surface area contributed by atoms with E-state index >= 15 is 0 Å². The number of aliphatic hydroxyl groups excluding tert-OH is 1. The first kappa shape index (κ1) is 17.8. The van der Waals surface area contributed by atoms with E-state index in [1.807, 2.05) is 36.4 Å². The molecule has 0 aliphatic heterocycles. The minimum atomic E-state index is -1.13. The topological polar surface area (TPSA) is 67.8 Å². The van der Waals surface area contributed by atoms with E-state index < -0.39 is 12.1 Å². The first-order chi connectivity index (χ1) is 11.6. The smallest absolute Gasteiger partial charge is 0.163 e. The molecule has 0 aliphatic carbocycles. The molecule has 2 rings (SSSR count). The van der Waals surface area contributed by atoms with Gasteiger partial charge in [0.1, 0.15) is 17.6 Å². The molecule has 0 aromatic heterocycles. The molecule has 0 saturated heterocycles. The van der Waals surface area contributed by atoms with Crippen molar-refractivity contribution in [3.05, 3.63) is 54.1 Å². The van der Waals surface area contributed by atoms with E-state index in [1.54, 1.807) is 33.3 Å². The molecule has 0 bridgehead atoms. The van der Waals surface area contributed by atoms with Crippen LogP contribution in [-0.4, -0.2) is 31.2 Å². The van der Waals surface area contributed by atoms with Gasteiger partial charge in [-0.1, -0.05) is 19.1 Å². The molecule has 2 atom stereocenters. The molecule has 0 unspecified atom stereocenters. The molecule has 0 amide bonds. The van der Waals surface area contributed by atoms with Crippen LogP contribution < -0.4 is 14.8 Å². The number of methoxy groups -OCH3 is 2. The largest absolute Gasteiger partial charge is 0.497 e. The quantitative estimate of drug-likeness (QED) is 0.778. The fourth-order valence-electron chi connectivity index (χ4n) is 2.42. The van der Waals surface area contributed by atoms with Gasteiger partial charge in [-0.15, -0.1) is 0 Å². The van der Waals surface area contributed by atoms with E-state index in [-0.39, 0.29) is 12.2 Å². The molecule has 2 aromatic carbocycles. The van der Waals surface area contributed by atoms with Gasteiger partial charge in [0.2, 0.25) is 0 Å². The summed E-state index contributed by atoms with van der Waals surface area (Å²) in [5, 5.41) is 13.7. The van der Waals surface area contributed by atoms with Gasteiger partial charge in [0, 0.05) is 12.1 Å². The van der Waals surface area contributed by atoms with Crippen LogP contribution in [-0.2, 0) is 4.79 Å². The molecular weight excluding hydrogens is 306 g/mol. The van der Waals surface area contributed by atoms with Gasteiger partial charge in [-0.05, 0) is 42.0 Å². The van der Waals surface area contributed by atoms with Crippen LogP contribution in [0.2, 0.25) is 0 Å². The van der Waals surface area contributed by atoms with Gasteiger partial charge < -0.3 is 19.9 Å². The lowest BCUT2D eigenvalue weighted by Crippen LogP contribution is -2.32. The summed E-state index contributed by atoms with van der Waals surface area (Å²) in [6.07, 6.45) is -0.858. The number of nitrogens with one attached hydrogen (secondary N) is 1. The molecule has 128 valence electrons. The summed E-state index contributed by atoms with van der Waals surface area (Å²) in [7, 11) is 3.20.